The van der Waals surface area contributed by atoms with Gasteiger partial charge in [0.1, 0.15) is 17.2 Å². The normalized spacial score (nSPS) is 10.1. The van der Waals surface area contributed by atoms with Gasteiger partial charge in [-0.15, -0.1) is 11.6 Å². The van der Waals surface area contributed by atoms with Gasteiger partial charge >= 0.3 is 6.01 Å². The standard InChI is InChI=1S/C13H13ClN2O3/c1-17-10-3-11(18-2)5-12(4-10)19-13-15-7-9(6-14)8-16-13/h3-5,7-8H,6H2,1-2H3. The van der Waals surface area contributed by atoms with Gasteiger partial charge < -0.3 is 14.2 Å². The van der Waals surface area contributed by atoms with Crippen LogP contribution < -0.4 is 14.2 Å². The third-order valence-electron chi connectivity index (χ3n) is 2.37. The Kier molecular flexibility index (Phi) is 4.41. The molecule has 5 nitrogen and oxygen atoms in total. The highest BCUT2D eigenvalue weighted by Gasteiger charge is 2.06. The first-order valence-corrected chi connectivity index (χ1v) is 6.06. The van der Waals surface area contributed by atoms with Crippen molar-refractivity contribution >= 4 is 11.6 Å². The van der Waals surface area contributed by atoms with Crippen LogP contribution in [-0.4, -0.2) is 24.2 Å². The molecule has 100 valence electrons. The van der Waals surface area contributed by atoms with Crippen molar-refractivity contribution in [3.05, 3.63) is 36.2 Å². The van der Waals surface area contributed by atoms with Crippen LogP contribution in [0, 0.1) is 0 Å². The Bertz CT molecular complexity index is 524. The fourth-order valence-corrected chi connectivity index (χ4v) is 1.55. The van der Waals surface area contributed by atoms with Crippen LogP contribution >= 0.6 is 11.6 Å². The van der Waals surface area contributed by atoms with E-state index in [0.29, 0.717) is 23.1 Å². The molecule has 0 amide bonds. The minimum Gasteiger partial charge on any atom is -0.496 e. The number of aromatic nitrogens is 2. The van der Waals surface area contributed by atoms with Crippen molar-refractivity contribution in [1.82, 2.24) is 9.97 Å². The van der Waals surface area contributed by atoms with E-state index in [1.54, 1.807) is 44.8 Å². The number of benzene rings is 1. The van der Waals surface area contributed by atoms with Crippen molar-refractivity contribution < 1.29 is 14.2 Å². The summed E-state index contributed by atoms with van der Waals surface area (Å²) in [5.74, 6) is 2.17. The van der Waals surface area contributed by atoms with E-state index in [4.69, 9.17) is 25.8 Å². The minimum atomic E-state index is 0.240. The van der Waals surface area contributed by atoms with Gasteiger partial charge in [0.15, 0.2) is 0 Å². The maximum absolute atomic E-state index is 5.66. The highest BCUT2D eigenvalue weighted by Crippen LogP contribution is 2.29. The van der Waals surface area contributed by atoms with E-state index < -0.39 is 0 Å². The first-order valence-electron chi connectivity index (χ1n) is 5.53. The average molecular weight is 281 g/mol. The zero-order chi connectivity index (χ0) is 13.7. The van der Waals surface area contributed by atoms with Crippen LogP contribution in [0.4, 0.5) is 0 Å². The molecule has 6 heteroatoms. The summed E-state index contributed by atoms with van der Waals surface area (Å²) < 4.78 is 15.8. The van der Waals surface area contributed by atoms with E-state index in [9.17, 15) is 0 Å². The monoisotopic (exact) mass is 280 g/mol. The minimum absolute atomic E-state index is 0.240. The fraction of sp³-hybridized carbons (Fsp3) is 0.231. The predicted octanol–water partition coefficient (Wildman–Crippen LogP) is 3.02. The predicted molar refractivity (Wildman–Crippen MR) is 71.2 cm³/mol. The molecular weight excluding hydrogens is 268 g/mol. The van der Waals surface area contributed by atoms with Crippen LogP contribution in [0.15, 0.2) is 30.6 Å². The Balaban J connectivity index is 2.21. The molecule has 0 aliphatic heterocycles. The smallest absolute Gasteiger partial charge is 0.321 e. The molecule has 0 saturated carbocycles. The number of ether oxygens (including phenoxy) is 3. The van der Waals surface area contributed by atoms with Gasteiger partial charge in [0.05, 0.1) is 20.1 Å². The molecule has 1 aromatic heterocycles. The van der Waals surface area contributed by atoms with E-state index in [2.05, 4.69) is 9.97 Å². The highest BCUT2D eigenvalue weighted by molar-refractivity contribution is 6.17. The van der Waals surface area contributed by atoms with Crippen molar-refractivity contribution in [2.45, 2.75) is 5.88 Å². The van der Waals surface area contributed by atoms with Crippen LogP contribution in [0.5, 0.6) is 23.3 Å². The Labute approximate surface area is 116 Å². The summed E-state index contributed by atoms with van der Waals surface area (Å²) in [4.78, 5) is 8.11. The summed E-state index contributed by atoms with van der Waals surface area (Å²) in [5, 5.41) is 0. The number of hydrogen-bond donors (Lipinski definition) is 0. The van der Waals surface area contributed by atoms with Gasteiger partial charge in [-0.2, -0.15) is 0 Å². The van der Waals surface area contributed by atoms with Crippen molar-refractivity contribution in [2.24, 2.45) is 0 Å². The number of alkyl halides is 1. The molecule has 0 aliphatic carbocycles. The number of nitrogens with zero attached hydrogens (tertiary/aromatic N) is 2. The average Bonchev–Trinajstić information content (AvgIpc) is 2.47. The molecule has 1 aromatic carbocycles. The van der Waals surface area contributed by atoms with Gasteiger partial charge in [-0.3, -0.25) is 0 Å². The lowest BCUT2D eigenvalue weighted by molar-refractivity contribution is 0.382. The zero-order valence-electron chi connectivity index (χ0n) is 10.6. The molecule has 2 rings (SSSR count). The Morgan fingerprint density at radius 2 is 1.47 bits per heavy atom. The van der Waals surface area contributed by atoms with Crippen LogP contribution in [0.2, 0.25) is 0 Å². The van der Waals surface area contributed by atoms with Crippen molar-refractivity contribution in [1.29, 1.82) is 0 Å². The molecule has 0 fully saturated rings. The van der Waals surface area contributed by atoms with Gasteiger partial charge in [0.2, 0.25) is 0 Å². The quantitative estimate of drug-likeness (QED) is 0.788. The summed E-state index contributed by atoms with van der Waals surface area (Å²) in [7, 11) is 3.15. The van der Waals surface area contributed by atoms with E-state index in [1.165, 1.54) is 0 Å². The summed E-state index contributed by atoms with van der Waals surface area (Å²) in [6.45, 7) is 0. The largest absolute Gasteiger partial charge is 0.496 e. The molecule has 0 radical (unpaired) electrons. The zero-order valence-corrected chi connectivity index (χ0v) is 11.3. The highest BCUT2D eigenvalue weighted by atomic mass is 35.5. The molecule has 0 aliphatic rings. The van der Waals surface area contributed by atoms with Gasteiger partial charge in [-0.25, -0.2) is 9.97 Å². The lowest BCUT2D eigenvalue weighted by atomic mass is 10.3. The van der Waals surface area contributed by atoms with E-state index in [1.807, 2.05) is 0 Å². The molecule has 1 heterocycles. The van der Waals surface area contributed by atoms with Gasteiger partial charge in [0.25, 0.3) is 0 Å². The molecule has 2 aromatic rings. The van der Waals surface area contributed by atoms with Crippen molar-refractivity contribution in [2.75, 3.05) is 14.2 Å². The maximum Gasteiger partial charge on any atom is 0.321 e. The van der Waals surface area contributed by atoms with E-state index >= 15 is 0 Å². The molecule has 0 spiro atoms. The SMILES string of the molecule is COc1cc(OC)cc(Oc2ncc(CCl)cn2)c1. The van der Waals surface area contributed by atoms with Gasteiger partial charge in [0, 0.05) is 36.2 Å². The first kappa shape index (κ1) is 13.4. The van der Waals surface area contributed by atoms with Crippen LogP contribution in [0.1, 0.15) is 5.56 Å². The van der Waals surface area contributed by atoms with Crippen LogP contribution in [0.3, 0.4) is 0 Å². The third-order valence-corrected chi connectivity index (χ3v) is 2.68. The number of hydrogen-bond acceptors (Lipinski definition) is 5. The van der Waals surface area contributed by atoms with Crippen molar-refractivity contribution in [3.8, 4) is 23.3 Å². The lowest BCUT2D eigenvalue weighted by Gasteiger charge is -2.08. The van der Waals surface area contributed by atoms with Gasteiger partial charge in [-0.05, 0) is 0 Å². The third kappa shape index (κ3) is 3.48. The summed E-state index contributed by atoms with van der Waals surface area (Å²) in [6.07, 6.45) is 3.24. The van der Waals surface area contributed by atoms with Crippen LogP contribution in [-0.2, 0) is 5.88 Å². The van der Waals surface area contributed by atoms with Gasteiger partial charge in [-0.1, -0.05) is 0 Å². The topological polar surface area (TPSA) is 53.5 Å². The molecule has 0 atom stereocenters. The molecule has 0 N–H and O–H groups in total. The van der Waals surface area contributed by atoms with E-state index in [0.717, 1.165) is 5.56 Å². The van der Waals surface area contributed by atoms with E-state index in [-0.39, 0.29) is 6.01 Å². The summed E-state index contributed by atoms with van der Waals surface area (Å²) in [5.41, 5.74) is 0.831. The fourth-order valence-electron chi connectivity index (χ4n) is 1.41. The Morgan fingerprint density at radius 1 is 0.947 bits per heavy atom. The van der Waals surface area contributed by atoms with Crippen LogP contribution in [0.25, 0.3) is 0 Å². The lowest BCUT2D eigenvalue weighted by Crippen LogP contribution is -1.94. The molecule has 19 heavy (non-hydrogen) atoms. The summed E-state index contributed by atoms with van der Waals surface area (Å²) in [6, 6.07) is 5.44. The maximum atomic E-state index is 5.66. The second kappa shape index (κ2) is 6.24. The molecule has 0 unspecified atom stereocenters. The second-order valence-corrected chi connectivity index (χ2v) is 3.93. The number of methoxy groups -OCH3 is 2. The molecular formula is C13H13ClN2O3. The van der Waals surface area contributed by atoms with Crippen molar-refractivity contribution in [3.63, 3.8) is 0 Å². The number of rotatable bonds is 5. The number of halogens is 1. The Morgan fingerprint density at radius 3 is 1.95 bits per heavy atom. The molecule has 0 bridgehead atoms. The molecule has 0 saturated heterocycles. The Hall–Kier alpha value is -2.01. The first-order chi connectivity index (χ1) is 9.25. The second-order valence-electron chi connectivity index (χ2n) is 3.66. The summed E-state index contributed by atoms with van der Waals surface area (Å²) >= 11 is 5.66.